The monoisotopic (exact) mass is 286 g/mol. The Bertz CT molecular complexity index is 159. The summed E-state index contributed by atoms with van der Waals surface area (Å²) in [6.07, 6.45) is 19.8. The van der Waals surface area contributed by atoms with Gasteiger partial charge >= 0.3 is 0 Å². The van der Waals surface area contributed by atoms with Crippen LogP contribution in [-0.4, -0.2) is 13.8 Å². The highest BCUT2D eigenvalue weighted by Gasteiger charge is 1.98. The quantitative estimate of drug-likeness (QED) is 0.297. The second-order valence-corrected chi connectivity index (χ2v) is 8.51. The molecule has 0 aromatic rings. The molecule has 0 heterocycles. The highest BCUT2D eigenvalue weighted by Crippen LogP contribution is 2.13. The molecule has 0 aliphatic carbocycles. The van der Waals surface area contributed by atoms with Gasteiger partial charge in [-0.15, -0.1) is 0 Å². The summed E-state index contributed by atoms with van der Waals surface area (Å²) in [5.41, 5.74) is 0. The second-order valence-electron chi connectivity index (χ2n) is 6.23. The van der Waals surface area contributed by atoms with Crippen molar-refractivity contribution in [3.05, 3.63) is 0 Å². The Morgan fingerprint density at radius 1 is 0.579 bits per heavy atom. The highest BCUT2D eigenvalue weighted by atomic mass is 28.3. The van der Waals surface area contributed by atoms with Gasteiger partial charge in [-0.3, -0.25) is 0 Å². The minimum Gasteiger partial charge on any atom is -0.435 e. The molecule has 2 heteroatoms. The van der Waals surface area contributed by atoms with E-state index < -0.39 is 9.04 Å². The lowest BCUT2D eigenvalue weighted by Gasteiger charge is -2.03. The molecule has 116 valence electrons. The zero-order valence-corrected chi connectivity index (χ0v) is 14.8. The molecule has 1 N–H and O–H groups in total. The third-order valence-electron chi connectivity index (χ3n) is 3.98. The lowest BCUT2D eigenvalue weighted by atomic mass is 10.0. The number of rotatable bonds is 15. The van der Waals surface area contributed by atoms with E-state index in [9.17, 15) is 4.80 Å². The van der Waals surface area contributed by atoms with Crippen molar-refractivity contribution in [1.82, 2.24) is 0 Å². The Morgan fingerprint density at radius 2 is 0.895 bits per heavy atom. The van der Waals surface area contributed by atoms with Gasteiger partial charge in [0.25, 0.3) is 0 Å². The maximum absolute atomic E-state index is 9.28. The molecule has 0 fully saturated rings. The molecule has 0 rings (SSSR count). The second kappa shape index (κ2) is 16.2. The third kappa shape index (κ3) is 18.2. The van der Waals surface area contributed by atoms with Crippen molar-refractivity contribution in [2.24, 2.45) is 0 Å². The molecule has 0 aromatic carbocycles. The minimum absolute atomic E-state index is 1.12. The van der Waals surface area contributed by atoms with E-state index in [2.05, 4.69) is 6.92 Å². The van der Waals surface area contributed by atoms with Crippen molar-refractivity contribution >= 4 is 9.04 Å². The first kappa shape index (κ1) is 19.2. The summed E-state index contributed by atoms with van der Waals surface area (Å²) in [5, 5.41) is 0. The smallest absolute Gasteiger partial charge is 0.169 e. The Kier molecular flexibility index (Phi) is 16.4. The van der Waals surface area contributed by atoms with Crippen molar-refractivity contribution in [1.29, 1.82) is 0 Å². The van der Waals surface area contributed by atoms with Gasteiger partial charge in [0.05, 0.1) is 0 Å². The van der Waals surface area contributed by atoms with Crippen molar-refractivity contribution in [3.8, 4) is 0 Å². The normalized spacial score (nSPS) is 12.8. The van der Waals surface area contributed by atoms with E-state index in [-0.39, 0.29) is 0 Å². The van der Waals surface area contributed by atoms with E-state index in [4.69, 9.17) is 0 Å². The molecule has 0 aromatic heterocycles. The van der Waals surface area contributed by atoms with Crippen LogP contribution in [0.2, 0.25) is 12.6 Å². The molecule has 1 nitrogen and oxygen atoms in total. The van der Waals surface area contributed by atoms with E-state index in [1.165, 1.54) is 89.9 Å². The fraction of sp³-hybridized carbons (Fsp3) is 1.00. The lowest BCUT2D eigenvalue weighted by molar-refractivity contribution is 0.533. The van der Waals surface area contributed by atoms with Crippen LogP contribution in [-0.2, 0) is 0 Å². The van der Waals surface area contributed by atoms with Gasteiger partial charge in [-0.2, -0.15) is 0 Å². The van der Waals surface area contributed by atoms with Crippen LogP contribution in [0.1, 0.15) is 96.8 Å². The Morgan fingerprint density at radius 3 is 1.21 bits per heavy atom. The fourth-order valence-electron chi connectivity index (χ4n) is 2.63. The van der Waals surface area contributed by atoms with Gasteiger partial charge in [-0.25, -0.2) is 0 Å². The topological polar surface area (TPSA) is 20.2 Å². The van der Waals surface area contributed by atoms with E-state index in [1.54, 1.807) is 0 Å². The molecular formula is C17H38OSi. The van der Waals surface area contributed by atoms with Gasteiger partial charge in [0.15, 0.2) is 9.04 Å². The summed E-state index contributed by atoms with van der Waals surface area (Å²) in [4.78, 5) is 9.28. The van der Waals surface area contributed by atoms with Crippen LogP contribution >= 0.6 is 0 Å². The van der Waals surface area contributed by atoms with Crippen molar-refractivity contribution in [2.45, 2.75) is 109 Å². The number of unbranched alkanes of at least 4 members (excludes halogenated alkanes) is 13. The Hall–Kier alpha value is 0.177. The van der Waals surface area contributed by atoms with Crippen LogP contribution in [0.15, 0.2) is 0 Å². The predicted molar refractivity (Wildman–Crippen MR) is 90.4 cm³/mol. The van der Waals surface area contributed by atoms with Crippen LogP contribution in [0, 0.1) is 0 Å². The van der Waals surface area contributed by atoms with Gasteiger partial charge in [0.1, 0.15) is 0 Å². The molecule has 0 saturated carbocycles. The van der Waals surface area contributed by atoms with E-state index in [0.717, 1.165) is 6.04 Å². The molecule has 0 aliphatic heterocycles. The fourth-order valence-corrected chi connectivity index (χ4v) is 3.51. The van der Waals surface area contributed by atoms with Gasteiger partial charge in [-0.05, 0) is 12.6 Å². The lowest BCUT2D eigenvalue weighted by Crippen LogP contribution is -2.03. The summed E-state index contributed by atoms with van der Waals surface area (Å²) in [6, 6.07) is 1.12. The number of hydrogen-bond donors (Lipinski definition) is 1. The van der Waals surface area contributed by atoms with Crippen LogP contribution < -0.4 is 0 Å². The van der Waals surface area contributed by atoms with Gasteiger partial charge < -0.3 is 4.80 Å². The van der Waals surface area contributed by atoms with Crippen LogP contribution in [0.3, 0.4) is 0 Å². The summed E-state index contributed by atoms with van der Waals surface area (Å²) in [7, 11) is -1.26. The average molecular weight is 287 g/mol. The zero-order chi connectivity index (χ0) is 14.2. The van der Waals surface area contributed by atoms with Crippen molar-refractivity contribution in [2.75, 3.05) is 0 Å². The standard InChI is InChI=1S/C17H38OSi/c1-3-4-5-6-7-8-9-10-11-12-13-14-15-16-17-19(2)18/h18-19H,3-17H2,1-2H3. The van der Waals surface area contributed by atoms with Crippen LogP contribution in [0.25, 0.3) is 0 Å². The molecule has 0 radical (unpaired) electrons. The summed E-state index contributed by atoms with van der Waals surface area (Å²) in [6.45, 7) is 4.31. The van der Waals surface area contributed by atoms with Crippen LogP contribution in [0.5, 0.6) is 0 Å². The predicted octanol–water partition coefficient (Wildman–Crippen LogP) is 5.81. The van der Waals surface area contributed by atoms with Crippen molar-refractivity contribution in [3.63, 3.8) is 0 Å². The molecule has 0 saturated heterocycles. The molecule has 1 unspecified atom stereocenters. The summed E-state index contributed by atoms with van der Waals surface area (Å²) in [5.74, 6) is 0. The first-order chi connectivity index (χ1) is 9.27. The summed E-state index contributed by atoms with van der Waals surface area (Å²) < 4.78 is 0. The maximum atomic E-state index is 9.28. The molecule has 19 heavy (non-hydrogen) atoms. The largest absolute Gasteiger partial charge is 0.435 e. The maximum Gasteiger partial charge on any atom is 0.169 e. The molecule has 0 amide bonds. The first-order valence-corrected chi connectivity index (χ1v) is 11.4. The minimum atomic E-state index is -1.26. The number of hydrogen-bond acceptors (Lipinski definition) is 1. The van der Waals surface area contributed by atoms with Gasteiger partial charge in [0, 0.05) is 0 Å². The molecule has 1 atom stereocenters. The van der Waals surface area contributed by atoms with E-state index in [1.807, 2.05) is 6.55 Å². The van der Waals surface area contributed by atoms with E-state index in [0.29, 0.717) is 0 Å². The third-order valence-corrected chi connectivity index (χ3v) is 5.22. The van der Waals surface area contributed by atoms with Gasteiger partial charge in [-0.1, -0.05) is 96.8 Å². The Labute approximate surface area is 123 Å². The first-order valence-electron chi connectivity index (χ1n) is 8.95. The summed E-state index contributed by atoms with van der Waals surface area (Å²) >= 11 is 0. The van der Waals surface area contributed by atoms with E-state index >= 15 is 0 Å². The van der Waals surface area contributed by atoms with Crippen molar-refractivity contribution < 1.29 is 4.80 Å². The zero-order valence-electron chi connectivity index (χ0n) is 13.6. The highest BCUT2D eigenvalue weighted by molar-refractivity contribution is 6.48. The van der Waals surface area contributed by atoms with Crippen LogP contribution in [0.4, 0.5) is 0 Å². The van der Waals surface area contributed by atoms with Gasteiger partial charge in [0.2, 0.25) is 0 Å². The average Bonchev–Trinajstić information content (AvgIpc) is 2.39. The molecular weight excluding hydrogens is 248 g/mol. The molecule has 0 bridgehead atoms. The molecule has 0 spiro atoms. The molecule has 0 aliphatic rings. The SMILES string of the molecule is CCCCCCCCCCCCCCCC[SiH](C)O. The Balaban J connectivity index is 2.91.